The number of H-pyrrole nitrogens is 1. The summed E-state index contributed by atoms with van der Waals surface area (Å²) in [4.78, 5) is 31.4. The van der Waals surface area contributed by atoms with Crippen molar-refractivity contribution in [1.82, 2.24) is 19.1 Å². The number of unbranched alkanes of at least 4 members (excludes halogenated alkanes) is 4. The minimum Gasteiger partial charge on any atom is -0.303 e. The van der Waals surface area contributed by atoms with Crippen LogP contribution in [0.5, 0.6) is 0 Å². The van der Waals surface area contributed by atoms with Crippen LogP contribution in [0, 0.1) is 0 Å². The standard InChI is InChI=1S/C23H30N6O2/c1-4-5-6-7-11-16-29-19-20(28(3)23(31)25-21(19)30)24-22(29)27-26-17(2)14-15-18-12-9-8-10-13-18/h8-10,12-15H,4-7,11,16H2,1-3H3,(H,24,27)(H,25,30,31)/b15-14+,26-17-. The predicted molar refractivity (Wildman–Crippen MR) is 127 cm³/mol. The molecule has 0 radical (unpaired) electrons. The van der Waals surface area contributed by atoms with Crippen LogP contribution in [0.1, 0.15) is 51.5 Å². The average Bonchev–Trinajstić information content (AvgIpc) is 3.14. The lowest BCUT2D eigenvalue weighted by Crippen LogP contribution is -2.29. The van der Waals surface area contributed by atoms with Crippen LogP contribution in [0.2, 0.25) is 0 Å². The molecule has 0 aliphatic rings. The summed E-state index contributed by atoms with van der Waals surface area (Å²) in [7, 11) is 1.60. The summed E-state index contributed by atoms with van der Waals surface area (Å²) in [5, 5.41) is 4.40. The van der Waals surface area contributed by atoms with Gasteiger partial charge in [0.2, 0.25) is 5.95 Å². The van der Waals surface area contributed by atoms with E-state index < -0.39 is 11.2 Å². The quantitative estimate of drug-likeness (QED) is 0.294. The Labute approximate surface area is 181 Å². The van der Waals surface area contributed by atoms with Crippen molar-refractivity contribution in [2.45, 2.75) is 52.5 Å². The van der Waals surface area contributed by atoms with Gasteiger partial charge >= 0.3 is 5.69 Å². The second kappa shape index (κ2) is 10.6. The van der Waals surface area contributed by atoms with E-state index in [0.29, 0.717) is 23.7 Å². The summed E-state index contributed by atoms with van der Waals surface area (Å²) >= 11 is 0. The maximum absolute atomic E-state index is 12.5. The third-order valence-electron chi connectivity index (χ3n) is 5.14. The summed E-state index contributed by atoms with van der Waals surface area (Å²) < 4.78 is 3.17. The van der Waals surface area contributed by atoms with Crippen molar-refractivity contribution in [3.05, 3.63) is 62.8 Å². The fourth-order valence-corrected chi connectivity index (χ4v) is 3.37. The normalized spacial score (nSPS) is 12.2. The van der Waals surface area contributed by atoms with Crippen LogP contribution in [0.25, 0.3) is 17.2 Å². The maximum atomic E-state index is 12.5. The summed E-state index contributed by atoms with van der Waals surface area (Å²) in [6.45, 7) is 4.68. The van der Waals surface area contributed by atoms with Crippen molar-refractivity contribution < 1.29 is 0 Å². The zero-order chi connectivity index (χ0) is 22.2. The van der Waals surface area contributed by atoms with Gasteiger partial charge in [0.15, 0.2) is 11.2 Å². The van der Waals surface area contributed by atoms with Gasteiger partial charge in [-0.3, -0.25) is 14.3 Å². The van der Waals surface area contributed by atoms with Crippen LogP contribution < -0.4 is 16.7 Å². The molecule has 164 valence electrons. The van der Waals surface area contributed by atoms with Crippen molar-refractivity contribution in [3.8, 4) is 0 Å². The molecule has 0 fully saturated rings. The first-order valence-electron chi connectivity index (χ1n) is 10.7. The van der Waals surface area contributed by atoms with Gasteiger partial charge in [-0.2, -0.15) is 10.1 Å². The van der Waals surface area contributed by atoms with Crippen LogP contribution in [-0.4, -0.2) is 24.8 Å². The predicted octanol–water partition coefficient (Wildman–Crippen LogP) is 3.89. The van der Waals surface area contributed by atoms with Crippen molar-refractivity contribution in [1.29, 1.82) is 0 Å². The van der Waals surface area contributed by atoms with Crippen LogP contribution in [0.3, 0.4) is 0 Å². The number of anilines is 1. The van der Waals surface area contributed by atoms with Crippen molar-refractivity contribution in [3.63, 3.8) is 0 Å². The maximum Gasteiger partial charge on any atom is 0.329 e. The molecule has 2 N–H and O–H groups in total. The van der Waals surface area contributed by atoms with Crippen LogP contribution in [0.15, 0.2) is 51.1 Å². The highest BCUT2D eigenvalue weighted by molar-refractivity contribution is 5.96. The molecular weight excluding hydrogens is 392 g/mol. The van der Waals surface area contributed by atoms with Gasteiger partial charge in [-0.15, -0.1) is 0 Å². The number of hydrogen-bond donors (Lipinski definition) is 2. The molecule has 8 nitrogen and oxygen atoms in total. The number of aromatic amines is 1. The molecule has 31 heavy (non-hydrogen) atoms. The third kappa shape index (κ3) is 5.59. The lowest BCUT2D eigenvalue weighted by molar-refractivity contribution is 0.577. The minimum absolute atomic E-state index is 0.345. The summed E-state index contributed by atoms with van der Waals surface area (Å²) in [5.74, 6) is 0.449. The Morgan fingerprint density at radius 3 is 2.65 bits per heavy atom. The smallest absolute Gasteiger partial charge is 0.303 e. The monoisotopic (exact) mass is 422 g/mol. The molecule has 0 saturated carbocycles. The van der Waals surface area contributed by atoms with Gasteiger partial charge in [0.25, 0.3) is 5.56 Å². The highest BCUT2D eigenvalue weighted by Crippen LogP contribution is 2.17. The molecule has 0 bridgehead atoms. The minimum atomic E-state index is -0.484. The van der Waals surface area contributed by atoms with Crippen LogP contribution in [-0.2, 0) is 13.6 Å². The van der Waals surface area contributed by atoms with E-state index in [1.165, 1.54) is 17.4 Å². The molecular formula is C23H30N6O2. The third-order valence-corrected chi connectivity index (χ3v) is 5.14. The van der Waals surface area contributed by atoms with E-state index in [0.717, 1.165) is 30.5 Å². The van der Waals surface area contributed by atoms with E-state index in [4.69, 9.17) is 0 Å². The van der Waals surface area contributed by atoms with E-state index in [1.807, 2.05) is 54.0 Å². The molecule has 1 aromatic carbocycles. The summed E-state index contributed by atoms with van der Waals surface area (Å²) in [6.07, 6.45) is 9.39. The highest BCUT2D eigenvalue weighted by atomic mass is 16.2. The highest BCUT2D eigenvalue weighted by Gasteiger charge is 2.16. The number of nitrogens with one attached hydrogen (secondary N) is 2. The molecule has 0 unspecified atom stereocenters. The SMILES string of the molecule is CCCCCCCn1c(N/N=C(C)\C=C\c2ccccc2)nc2c1c(=O)[nH]c(=O)n2C. The number of fused-ring (bicyclic) bond motifs is 1. The fourth-order valence-electron chi connectivity index (χ4n) is 3.37. The molecule has 0 saturated heterocycles. The van der Waals surface area contributed by atoms with E-state index in [2.05, 4.69) is 27.4 Å². The van der Waals surface area contributed by atoms with Gasteiger partial charge in [0, 0.05) is 13.6 Å². The van der Waals surface area contributed by atoms with E-state index in [1.54, 1.807) is 7.05 Å². The fraction of sp³-hybridized carbons (Fsp3) is 0.391. The molecule has 0 spiro atoms. The number of rotatable bonds is 10. The van der Waals surface area contributed by atoms with E-state index in [-0.39, 0.29) is 0 Å². The Bertz CT molecular complexity index is 1180. The number of hydrazone groups is 1. The molecule has 0 amide bonds. The van der Waals surface area contributed by atoms with Gasteiger partial charge in [-0.1, -0.05) is 69.0 Å². The zero-order valence-electron chi connectivity index (χ0n) is 18.4. The molecule has 8 heteroatoms. The zero-order valence-corrected chi connectivity index (χ0v) is 18.4. The van der Waals surface area contributed by atoms with E-state index >= 15 is 0 Å². The van der Waals surface area contributed by atoms with Gasteiger partial charge < -0.3 is 4.57 Å². The van der Waals surface area contributed by atoms with Crippen molar-refractivity contribution >= 4 is 28.9 Å². The van der Waals surface area contributed by atoms with Crippen molar-refractivity contribution in [2.24, 2.45) is 12.1 Å². The molecule has 3 rings (SSSR count). The number of nitrogens with zero attached hydrogens (tertiary/aromatic N) is 4. The second-order valence-corrected chi connectivity index (χ2v) is 7.60. The number of allylic oxidation sites excluding steroid dienone is 1. The van der Waals surface area contributed by atoms with Gasteiger partial charge in [-0.05, 0) is 25.0 Å². The molecule has 0 atom stereocenters. The van der Waals surface area contributed by atoms with Crippen molar-refractivity contribution in [2.75, 3.05) is 5.43 Å². The van der Waals surface area contributed by atoms with Gasteiger partial charge in [-0.25, -0.2) is 10.2 Å². The lowest BCUT2D eigenvalue weighted by Gasteiger charge is -2.08. The first-order valence-corrected chi connectivity index (χ1v) is 10.7. The van der Waals surface area contributed by atoms with E-state index in [9.17, 15) is 9.59 Å². The van der Waals surface area contributed by atoms with Crippen LogP contribution in [0.4, 0.5) is 5.95 Å². The average molecular weight is 423 g/mol. The van der Waals surface area contributed by atoms with Gasteiger partial charge in [0.1, 0.15) is 0 Å². The molecule has 3 aromatic rings. The number of aryl methyl sites for hydroxylation is 2. The number of benzene rings is 1. The number of imidazole rings is 1. The first-order chi connectivity index (χ1) is 15.0. The molecule has 2 aromatic heterocycles. The molecule has 0 aliphatic heterocycles. The number of aromatic nitrogens is 4. The number of hydrogen-bond acceptors (Lipinski definition) is 5. The second-order valence-electron chi connectivity index (χ2n) is 7.60. The summed E-state index contributed by atoms with van der Waals surface area (Å²) in [6, 6.07) is 9.97. The Kier molecular flexibility index (Phi) is 7.59. The Balaban J connectivity index is 1.87. The molecule has 2 heterocycles. The lowest BCUT2D eigenvalue weighted by atomic mass is 10.1. The molecule has 0 aliphatic carbocycles. The topological polar surface area (TPSA) is 97.1 Å². The summed E-state index contributed by atoms with van der Waals surface area (Å²) in [5.41, 5.74) is 4.63. The first kappa shape index (κ1) is 22.3. The Morgan fingerprint density at radius 2 is 1.90 bits per heavy atom. The Hall–Kier alpha value is -3.42. The van der Waals surface area contributed by atoms with Gasteiger partial charge in [0.05, 0.1) is 5.71 Å². The largest absolute Gasteiger partial charge is 0.329 e. The Morgan fingerprint density at radius 1 is 1.16 bits per heavy atom. The van der Waals surface area contributed by atoms with Crippen LogP contribution >= 0.6 is 0 Å².